The molecule has 3 atom stereocenters. The fourth-order valence-electron chi connectivity index (χ4n) is 6.76. The summed E-state index contributed by atoms with van der Waals surface area (Å²) in [7, 11) is 0. The van der Waals surface area contributed by atoms with Gasteiger partial charge in [0.25, 0.3) is 0 Å². The van der Waals surface area contributed by atoms with Crippen LogP contribution in [0, 0.1) is 11.8 Å². The predicted octanol–water partition coefficient (Wildman–Crippen LogP) is 4.88. The van der Waals surface area contributed by atoms with Crippen molar-refractivity contribution in [2.75, 3.05) is 13.1 Å². The van der Waals surface area contributed by atoms with Crippen LogP contribution >= 0.6 is 0 Å². The molecule has 1 saturated heterocycles. The lowest BCUT2D eigenvalue weighted by molar-refractivity contribution is 0.00122. The maximum absolute atomic E-state index is 10.4. The molecule has 1 aliphatic heterocycles. The molecule has 6 rings (SSSR count). The van der Waals surface area contributed by atoms with E-state index in [1.165, 1.54) is 34.3 Å². The van der Waals surface area contributed by atoms with E-state index in [-0.39, 0.29) is 5.41 Å². The summed E-state index contributed by atoms with van der Waals surface area (Å²) in [6, 6.07) is 17.6. The molecule has 3 aromatic rings. The van der Waals surface area contributed by atoms with Crippen molar-refractivity contribution in [3.63, 3.8) is 0 Å². The smallest absolute Gasteiger partial charge is 0.115 e. The lowest BCUT2D eigenvalue weighted by Gasteiger charge is -2.59. The highest BCUT2D eigenvalue weighted by molar-refractivity contribution is 5.79. The summed E-state index contributed by atoms with van der Waals surface area (Å²) in [6.45, 7) is 7.00. The summed E-state index contributed by atoms with van der Waals surface area (Å²) in [5.41, 5.74) is 6.76. The summed E-state index contributed by atoms with van der Waals surface area (Å²) < 4.78 is 0. The Kier molecular flexibility index (Phi) is 4.02. The van der Waals surface area contributed by atoms with Crippen molar-refractivity contribution in [3.05, 3.63) is 70.9 Å². The third-order valence-corrected chi connectivity index (χ3v) is 7.96. The number of para-hydroxylation sites is 1. The molecule has 2 bridgehead atoms. The van der Waals surface area contributed by atoms with E-state index in [4.69, 9.17) is 4.98 Å². The second kappa shape index (κ2) is 6.55. The first-order chi connectivity index (χ1) is 14.5. The Hall–Kier alpha value is -2.39. The monoisotopic (exact) mass is 398 g/mol. The molecular weight excluding hydrogens is 368 g/mol. The molecule has 1 aromatic heterocycles. The molecule has 2 aliphatic carbocycles. The van der Waals surface area contributed by atoms with Crippen LogP contribution in [-0.4, -0.2) is 34.1 Å². The number of aromatic nitrogens is 1. The lowest BCUT2D eigenvalue weighted by atomic mass is 9.52. The average molecular weight is 399 g/mol. The van der Waals surface area contributed by atoms with E-state index in [2.05, 4.69) is 61.2 Å². The Bertz CT molecular complexity index is 1140. The molecule has 0 unspecified atom stereocenters. The highest BCUT2D eigenvalue weighted by Gasteiger charge is 2.55. The summed E-state index contributed by atoms with van der Waals surface area (Å²) in [5, 5.41) is 11.6. The first-order valence-electron chi connectivity index (χ1n) is 11.5. The van der Waals surface area contributed by atoms with Crippen LogP contribution in [0.1, 0.15) is 42.7 Å². The van der Waals surface area contributed by atoms with Gasteiger partial charge < -0.3 is 5.11 Å². The Balaban J connectivity index is 1.52. The molecule has 154 valence electrons. The molecule has 3 aliphatic rings. The van der Waals surface area contributed by atoms with Crippen LogP contribution in [0.3, 0.4) is 0 Å². The second-order valence-corrected chi connectivity index (χ2v) is 10.2. The van der Waals surface area contributed by atoms with Crippen molar-refractivity contribution in [2.24, 2.45) is 11.8 Å². The summed E-state index contributed by atoms with van der Waals surface area (Å²) in [6.07, 6.45) is 4.36. The van der Waals surface area contributed by atoms with Crippen LogP contribution < -0.4 is 0 Å². The fourth-order valence-corrected chi connectivity index (χ4v) is 6.76. The number of aromatic hydroxyl groups is 1. The molecule has 2 heterocycles. The highest BCUT2D eigenvalue weighted by atomic mass is 16.3. The van der Waals surface area contributed by atoms with E-state index in [0.29, 0.717) is 23.6 Å². The van der Waals surface area contributed by atoms with Crippen LogP contribution in [0.2, 0.25) is 0 Å². The molecule has 0 amide bonds. The number of fused-ring (bicyclic) bond motifs is 3. The van der Waals surface area contributed by atoms with Crippen LogP contribution in [-0.2, 0) is 24.7 Å². The molecule has 0 spiro atoms. The van der Waals surface area contributed by atoms with Crippen LogP contribution in [0.5, 0.6) is 5.75 Å². The number of pyridine rings is 1. The maximum Gasteiger partial charge on any atom is 0.115 e. The zero-order chi connectivity index (χ0) is 20.5. The Morgan fingerprint density at radius 1 is 1.10 bits per heavy atom. The number of benzene rings is 2. The molecule has 3 nitrogen and oxygen atoms in total. The minimum Gasteiger partial charge on any atom is -0.508 e. The van der Waals surface area contributed by atoms with Crippen molar-refractivity contribution in [1.82, 2.24) is 9.88 Å². The van der Waals surface area contributed by atoms with Crippen molar-refractivity contribution in [1.29, 1.82) is 0 Å². The number of likely N-dealkylation sites (tertiary alicyclic amines) is 1. The lowest BCUT2D eigenvalue weighted by Crippen LogP contribution is -2.63. The van der Waals surface area contributed by atoms with E-state index in [0.717, 1.165) is 37.7 Å². The molecule has 1 fully saturated rings. The third kappa shape index (κ3) is 2.64. The molecule has 3 heteroatoms. The first-order valence-corrected chi connectivity index (χ1v) is 11.5. The van der Waals surface area contributed by atoms with Gasteiger partial charge in [0.2, 0.25) is 0 Å². The highest BCUT2D eigenvalue weighted by Crippen LogP contribution is 2.55. The van der Waals surface area contributed by atoms with Crippen LogP contribution in [0.15, 0.2) is 48.5 Å². The largest absolute Gasteiger partial charge is 0.508 e. The summed E-state index contributed by atoms with van der Waals surface area (Å²) in [5.74, 6) is 1.68. The van der Waals surface area contributed by atoms with Gasteiger partial charge in [0.1, 0.15) is 5.75 Å². The fraction of sp³-hybridized carbons (Fsp3) is 0.444. The van der Waals surface area contributed by atoms with Gasteiger partial charge in [0.05, 0.1) is 5.52 Å². The van der Waals surface area contributed by atoms with E-state index in [1.54, 1.807) is 0 Å². The summed E-state index contributed by atoms with van der Waals surface area (Å²) >= 11 is 0. The molecular formula is C27H30N2O. The van der Waals surface area contributed by atoms with Crippen molar-refractivity contribution >= 4 is 10.9 Å². The number of hydrogen-bond donors (Lipinski definition) is 1. The maximum atomic E-state index is 10.4. The van der Waals surface area contributed by atoms with E-state index in [9.17, 15) is 5.11 Å². The zero-order valence-corrected chi connectivity index (χ0v) is 17.9. The van der Waals surface area contributed by atoms with Crippen LogP contribution in [0.4, 0.5) is 0 Å². The third-order valence-electron chi connectivity index (χ3n) is 7.96. The number of phenolic OH excluding ortho intramolecular Hbond substituents is 1. The number of phenols is 1. The topological polar surface area (TPSA) is 36.4 Å². The number of nitrogens with zero attached hydrogens (tertiary/aromatic N) is 2. The molecule has 30 heavy (non-hydrogen) atoms. The Morgan fingerprint density at radius 3 is 2.83 bits per heavy atom. The van der Waals surface area contributed by atoms with Crippen LogP contribution in [0.25, 0.3) is 10.9 Å². The minimum absolute atomic E-state index is 0.104. The zero-order valence-electron chi connectivity index (χ0n) is 17.9. The van der Waals surface area contributed by atoms with Gasteiger partial charge in [-0.05, 0) is 78.6 Å². The number of hydrogen-bond acceptors (Lipinski definition) is 3. The van der Waals surface area contributed by atoms with Gasteiger partial charge in [-0.3, -0.25) is 9.88 Å². The molecule has 1 N–H and O–H groups in total. The number of rotatable bonds is 2. The standard InChI is InChI=1S/C27H30N2O/c1-17(2)16-29-10-9-27-15-25-20(11-19-5-3-4-6-24(19)28-25)12-23(27)26(29)13-18-7-8-21(30)14-22(18)27/h3-8,11,14,17,23,26,30H,9-10,12-13,15-16H2,1-2H3/t23-,26+,27+/m0/s1. The van der Waals surface area contributed by atoms with Gasteiger partial charge in [-0.25, -0.2) is 0 Å². The minimum atomic E-state index is 0.104. The molecule has 0 radical (unpaired) electrons. The Morgan fingerprint density at radius 2 is 1.97 bits per heavy atom. The Labute approximate surface area is 178 Å². The van der Waals surface area contributed by atoms with Gasteiger partial charge in [-0.2, -0.15) is 0 Å². The van der Waals surface area contributed by atoms with Crippen molar-refractivity contribution in [3.8, 4) is 5.75 Å². The first kappa shape index (κ1) is 18.4. The van der Waals surface area contributed by atoms with Gasteiger partial charge in [-0.1, -0.05) is 38.1 Å². The molecule has 2 aromatic carbocycles. The number of piperidine rings is 1. The van der Waals surface area contributed by atoms with E-state index >= 15 is 0 Å². The second-order valence-electron chi connectivity index (χ2n) is 10.2. The van der Waals surface area contributed by atoms with Gasteiger partial charge in [-0.15, -0.1) is 0 Å². The average Bonchev–Trinajstić information content (AvgIpc) is 2.73. The van der Waals surface area contributed by atoms with Gasteiger partial charge in [0.15, 0.2) is 0 Å². The molecule has 0 saturated carbocycles. The van der Waals surface area contributed by atoms with E-state index < -0.39 is 0 Å². The van der Waals surface area contributed by atoms with Crippen molar-refractivity contribution in [2.45, 2.75) is 51.0 Å². The SMILES string of the molecule is CC(C)CN1CC[C@]23Cc4nc5ccccc5cc4C[C@H]2[C@H]1Cc1ccc(O)cc13. The van der Waals surface area contributed by atoms with Gasteiger partial charge in [0, 0.05) is 35.5 Å². The van der Waals surface area contributed by atoms with Crippen molar-refractivity contribution < 1.29 is 5.11 Å². The predicted molar refractivity (Wildman–Crippen MR) is 121 cm³/mol. The van der Waals surface area contributed by atoms with E-state index in [1.807, 2.05) is 6.07 Å². The van der Waals surface area contributed by atoms with Gasteiger partial charge >= 0.3 is 0 Å². The normalized spacial score (nSPS) is 27.6. The quantitative estimate of drug-likeness (QED) is 0.668. The summed E-state index contributed by atoms with van der Waals surface area (Å²) in [4.78, 5) is 7.90.